The highest BCUT2D eigenvalue weighted by Gasteiger charge is 2.28. The summed E-state index contributed by atoms with van der Waals surface area (Å²) in [6, 6.07) is 18.0. The predicted molar refractivity (Wildman–Crippen MR) is 96.0 cm³/mol. The molecular weight excluding hydrogens is 320 g/mol. The number of thioether (sulfide) groups is 1. The second-order valence-electron chi connectivity index (χ2n) is 4.76. The van der Waals surface area contributed by atoms with Crippen LogP contribution in [0.25, 0.3) is 0 Å². The highest BCUT2D eigenvalue weighted by Crippen LogP contribution is 2.38. The van der Waals surface area contributed by atoms with Crippen LogP contribution in [-0.2, 0) is 0 Å². The summed E-state index contributed by atoms with van der Waals surface area (Å²) in [4.78, 5) is 2.23. The van der Waals surface area contributed by atoms with E-state index in [9.17, 15) is 0 Å². The van der Waals surface area contributed by atoms with Gasteiger partial charge in [0.25, 0.3) is 0 Å². The maximum Gasteiger partial charge on any atom is 0.174 e. The molecule has 3 rings (SSSR count). The fourth-order valence-electron chi connectivity index (χ4n) is 2.30. The van der Waals surface area contributed by atoms with E-state index in [1.807, 2.05) is 54.2 Å². The standard InChI is InChI=1S/C16H15ClN2S2/c17-13-8-6-12(7-9-13)15-19(10-11-21-15)16(20)18-14-4-2-1-3-5-14/h1-9,15H,10-11H2,(H,18,20)/t15-/m1/s1. The first-order valence-corrected chi connectivity index (χ1v) is 8.57. The van der Waals surface area contributed by atoms with Gasteiger partial charge in [0.15, 0.2) is 5.11 Å². The van der Waals surface area contributed by atoms with Crippen LogP contribution >= 0.6 is 35.6 Å². The molecule has 1 N–H and O–H groups in total. The summed E-state index contributed by atoms with van der Waals surface area (Å²) in [5, 5.41) is 5.10. The van der Waals surface area contributed by atoms with Crippen molar-refractivity contribution in [1.29, 1.82) is 0 Å². The summed E-state index contributed by atoms with van der Waals surface area (Å²) in [5.41, 5.74) is 2.26. The van der Waals surface area contributed by atoms with E-state index < -0.39 is 0 Å². The first-order valence-electron chi connectivity index (χ1n) is 6.74. The molecule has 0 spiro atoms. The van der Waals surface area contributed by atoms with Crippen LogP contribution < -0.4 is 5.32 Å². The third kappa shape index (κ3) is 3.51. The molecule has 1 saturated heterocycles. The zero-order valence-electron chi connectivity index (χ0n) is 11.3. The number of para-hydroxylation sites is 1. The molecule has 1 heterocycles. The van der Waals surface area contributed by atoms with E-state index in [-0.39, 0.29) is 5.37 Å². The van der Waals surface area contributed by atoms with Crippen molar-refractivity contribution in [2.75, 3.05) is 17.6 Å². The van der Waals surface area contributed by atoms with E-state index >= 15 is 0 Å². The Morgan fingerprint density at radius 1 is 1.14 bits per heavy atom. The SMILES string of the molecule is S=C(Nc1ccccc1)N1CCS[C@@H]1c1ccc(Cl)cc1. The van der Waals surface area contributed by atoms with Crippen molar-refractivity contribution < 1.29 is 0 Å². The lowest BCUT2D eigenvalue weighted by Gasteiger charge is -2.27. The Hall–Kier alpha value is -1.23. The van der Waals surface area contributed by atoms with Gasteiger partial charge in [-0.2, -0.15) is 0 Å². The molecule has 1 aliphatic heterocycles. The van der Waals surface area contributed by atoms with Gasteiger partial charge in [-0.1, -0.05) is 41.9 Å². The molecule has 0 amide bonds. The molecule has 1 fully saturated rings. The second kappa shape index (κ2) is 6.69. The van der Waals surface area contributed by atoms with Crippen molar-refractivity contribution in [3.8, 4) is 0 Å². The molecule has 108 valence electrons. The Morgan fingerprint density at radius 3 is 2.57 bits per heavy atom. The molecule has 0 unspecified atom stereocenters. The van der Waals surface area contributed by atoms with Crippen LogP contribution in [0.15, 0.2) is 54.6 Å². The number of hydrogen-bond acceptors (Lipinski definition) is 2. The molecule has 0 aliphatic carbocycles. The van der Waals surface area contributed by atoms with Crippen molar-refractivity contribution in [2.24, 2.45) is 0 Å². The van der Waals surface area contributed by atoms with E-state index in [0.29, 0.717) is 0 Å². The van der Waals surface area contributed by atoms with Crippen LogP contribution in [-0.4, -0.2) is 22.3 Å². The van der Waals surface area contributed by atoms with Gasteiger partial charge in [-0.25, -0.2) is 0 Å². The van der Waals surface area contributed by atoms with Crippen molar-refractivity contribution in [3.63, 3.8) is 0 Å². The van der Waals surface area contributed by atoms with Gasteiger partial charge in [0.2, 0.25) is 0 Å². The molecule has 0 bridgehead atoms. The minimum absolute atomic E-state index is 0.256. The third-order valence-corrected chi connectivity index (χ3v) is 5.18. The molecule has 2 aromatic rings. The molecule has 2 nitrogen and oxygen atoms in total. The number of halogens is 1. The first kappa shape index (κ1) is 14.7. The van der Waals surface area contributed by atoms with Crippen molar-refractivity contribution in [2.45, 2.75) is 5.37 Å². The topological polar surface area (TPSA) is 15.3 Å². The molecule has 2 aromatic carbocycles. The zero-order chi connectivity index (χ0) is 14.7. The fraction of sp³-hybridized carbons (Fsp3) is 0.188. The summed E-state index contributed by atoms with van der Waals surface area (Å²) < 4.78 is 0. The maximum atomic E-state index is 5.97. The van der Waals surface area contributed by atoms with Crippen LogP contribution in [0.5, 0.6) is 0 Å². The van der Waals surface area contributed by atoms with E-state index in [2.05, 4.69) is 22.3 Å². The second-order valence-corrected chi connectivity index (χ2v) is 6.78. The zero-order valence-corrected chi connectivity index (χ0v) is 13.7. The minimum atomic E-state index is 0.256. The van der Waals surface area contributed by atoms with Gasteiger partial charge in [0.05, 0.1) is 0 Å². The molecule has 0 radical (unpaired) electrons. The van der Waals surface area contributed by atoms with Gasteiger partial charge in [0.1, 0.15) is 5.37 Å². The Morgan fingerprint density at radius 2 is 1.86 bits per heavy atom. The van der Waals surface area contributed by atoms with Crippen LogP contribution in [0.4, 0.5) is 5.69 Å². The average molecular weight is 335 g/mol. The smallest absolute Gasteiger partial charge is 0.174 e. The van der Waals surface area contributed by atoms with Gasteiger partial charge in [-0.05, 0) is 42.0 Å². The average Bonchev–Trinajstić information content (AvgIpc) is 2.98. The highest BCUT2D eigenvalue weighted by atomic mass is 35.5. The summed E-state index contributed by atoms with van der Waals surface area (Å²) in [7, 11) is 0. The van der Waals surface area contributed by atoms with Gasteiger partial charge >= 0.3 is 0 Å². The number of thiocarbonyl (C=S) groups is 1. The maximum absolute atomic E-state index is 5.97. The monoisotopic (exact) mass is 334 g/mol. The summed E-state index contributed by atoms with van der Waals surface area (Å²) in [6.07, 6.45) is 0. The largest absolute Gasteiger partial charge is 0.333 e. The Kier molecular flexibility index (Phi) is 4.68. The van der Waals surface area contributed by atoms with Gasteiger partial charge in [0, 0.05) is 23.0 Å². The minimum Gasteiger partial charge on any atom is -0.333 e. The highest BCUT2D eigenvalue weighted by molar-refractivity contribution is 7.99. The van der Waals surface area contributed by atoms with Crippen molar-refractivity contribution >= 4 is 46.4 Å². The van der Waals surface area contributed by atoms with E-state index in [0.717, 1.165) is 28.1 Å². The van der Waals surface area contributed by atoms with Gasteiger partial charge < -0.3 is 10.2 Å². The predicted octanol–water partition coefficient (Wildman–Crippen LogP) is 4.78. The van der Waals surface area contributed by atoms with Crippen LogP contribution in [0.2, 0.25) is 5.02 Å². The summed E-state index contributed by atoms with van der Waals surface area (Å²) >= 11 is 13.4. The Balaban J connectivity index is 1.74. The molecule has 1 aliphatic rings. The third-order valence-electron chi connectivity index (χ3n) is 3.33. The first-order chi connectivity index (χ1) is 10.2. The van der Waals surface area contributed by atoms with Crippen LogP contribution in [0.1, 0.15) is 10.9 Å². The quantitative estimate of drug-likeness (QED) is 0.794. The lowest BCUT2D eigenvalue weighted by molar-refractivity contribution is 0.458. The van der Waals surface area contributed by atoms with E-state index in [1.165, 1.54) is 5.56 Å². The molecular formula is C16H15ClN2S2. The van der Waals surface area contributed by atoms with Crippen LogP contribution in [0, 0.1) is 0 Å². The van der Waals surface area contributed by atoms with E-state index in [4.69, 9.17) is 23.8 Å². The number of hydrogen-bond donors (Lipinski definition) is 1. The lowest BCUT2D eigenvalue weighted by Crippen LogP contribution is -2.34. The molecule has 5 heteroatoms. The molecule has 21 heavy (non-hydrogen) atoms. The molecule has 0 saturated carbocycles. The Labute approximate surface area is 139 Å². The van der Waals surface area contributed by atoms with Gasteiger partial charge in [-0.3, -0.25) is 0 Å². The number of nitrogens with zero attached hydrogens (tertiary/aromatic N) is 1. The lowest BCUT2D eigenvalue weighted by atomic mass is 10.2. The van der Waals surface area contributed by atoms with Crippen LogP contribution in [0.3, 0.4) is 0 Å². The Bertz CT molecular complexity index is 616. The molecule has 0 aromatic heterocycles. The summed E-state index contributed by atoms with van der Waals surface area (Å²) in [6.45, 7) is 0.955. The van der Waals surface area contributed by atoms with Crippen molar-refractivity contribution in [3.05, 3.63) is 65.2 Å². The fourth-order valence-corrected chi connectivity index (χ4v) is 4.07. The number of benzene rings is 2. The normalized spacial score (nSPS) is 17.8. The van der Waals surface area contributed by atoms with Gasteiger partial charge in [-0.15, -0.1) is 11.8 Å². The number of rotatable bonds is 2. The summed E-state index contributed by atoms with van der Waals surface area (Å²) in [5.74, 6) is 1.07. The number of anilines is 1. The van der Waals surface area contributed by atoms with Crippen molar-refractivity contribution in [1.82, 2.24) is 4.90 Å². The number of nitrogens with one attached hydrogen (secondary N) is 1. The molecule has 1 atom stereocenters. The van der Waals surface area contributed by atoms with E-state index in [1.54, 1.807) is 0 Å².